The van der Waals surface area contributed by atoms with E-state index in [2.05, 4.69) is 14.2 Å². The van der Waals surface area contributed by atoms with E-state index in [1.54, 1.807) is 14.0 Å². The minimum atomic E-state index is -0.261. The Morgan fingerprint density at radius 3 is 2.10 bits per heavy atom. The van der Waals surface area contributed by atoms with Crippen LogP contribution in [0.25, 0.3) is 0 Å². The molecule has 0 aromatic rings. The molecule has 0 aromatic carbocycles. The molecule has 0 rings (SSSR count). The molecule has 0 spiro atoms. The van der Waals surface area contributed by atoms with Crippen LogP contribution in [0.5, 0.6) is 0 Å². The summed E-state index contributed by atoms with van der Waals surface area (Å²) in [6.07, 6.45) is 3.37. The van der Waals surface area contributed by atoms with Crippen molar-refractivity contribution >= 4 is 40.3 Å². The lowest BCUT2D eigenvalue weighted by atomic mass is 10.1. The first-order valence-electron chi connectivity index (χ1n) is 7.23. The third kappa shape index (κ3) is 9.92. The predicted octanol–water partition coefficient (Wildman–Crippen LogP) is 1.13. The van der Waals surface area contributed by atoms with Gasteiger partial charge in [-0.3, -0.25) is 17.9 Å². The summed E-state index contributed by atoms with van der Waals surface area (Å²) in [5.41, 5.74) is 0. The molecule has 21 heavy (non-hydrogen) atoms. The van der Waals surface area contributed by atoms with Gasteiger partial charge in [-0.05, 0) is 46.6 Å². The van der Waals surface area contributed by atoms with Crippen LogP contribution in [0.1, 0.15) is 46.0 Å². The summed E-state index contributed by atoms with van der Waals surface area (Å²) in [5.74, 6) is 0.146. The third-order valence-electron chi connectivity index (χ3n) is 3.36. The standard InChI is InChI=1S/C14H26IN3O3/c1-10(19)12(16-3)6-4-5-9-17-14(21)8-7-13(18-15)11(2)20/h12-13,16,18H,4-9H2,1-3H3,(H,17,21)/t12-,13-/m0/s1. The van der Waals surface area contributed by atoms with Gasteiger partial charge in [0.25, 0.3) is 0 Å². The molecule has 6 nitrogen and oxygen atoms in total. The van der Waals surface area contributed by atoms with E-state index in [0.717, 1.165) is 19.3 Å². The molecule has 0 fully saturated rings. The van der Waals surface area contributed by atoms with Crippen LogP contribution >= 0.6 is 22.9 Å². The molecule has 7 heteroatoms. The second-order valence-electron chi connectivity index (χ2n) is 5.11. The zero-order valence-corrected chi connectivity index (χ0v) is 15.2. The van der Waals surface area contributed by atoms with Crippen molar-refractivity contribution in [2.75, 3.05) is 13.6 Å². The van der Waals surface area contributed by atoms with Gasteiger partial charge in [0.05, 0.1) is 12.1 Å². The van der Waals surface area contributed by atoms with Crippen LogP contribution in [-0.4, -0.2) is 43.1 Å². The predicted molar refractivity (Wildman–Crippen MR) is 91.2 cm³/mol. The summed E-state index contributed by atoms with van der Waals surface area (Å²) in [4.78, 5) is 34.0. The van der Waals surface area contributed by atoms with Crippen molar-refractivity contribution < 1.29 is 14.4 Å². The molecule has 0 unspecified atom stereocenters. The number of nitrogens with one attached hydrogen (secondary N) is 3. The van der Waals surface area contributed by atoms with Gasteiger partial charge in [0.2, 0.25) is 5.91 Å². The van der Waals surface area contributed by atoms with Gasteiger partial charge in [-0.25, -0.2) is 0 Å². The molecule has 0 aliphatic heterocycles. The maximum Gasteiger partial charge on any atom is 0.220 e. The average Bonchev–Trinajstić information content (AvgIpc) is 2.42. The minimum absolute atomic E-state index is 0.0374. The molecule has 3 N–H and O–H groups in total. The number of ketones is 2. The fourth-order valence-corrected chi connectivity index (χ4v) is 2.70. The molecule has 2 atom stereocenters. The Morgan fingerprint density at radius 1 is 1.00 bits per heavy atom. The second-order valence-corrected chi connectivity index (χ2v) is 5.73. The molecule has 0 saturated heterocycles. The van der Waals surface area contributed by atoms with Crippen molar-refractivity contribution in [3.05, 3.63) is 0 Å². The molecular weight excluding hydrogens is 385 g/mol. The van der Waals surface area contributed by atoms with Crippen LogP contribution in [0, 0.1) is 0 Å². The molecule has 0 aliphatic rings. The number of rotatable bonds is 12. The number of unbranched alkanes of at least 4 members (excludes halogenated alkanes) is 1. The molecule has 0 heterocycles. The van der Waals surface area contributed by atoms with Crippen molar-refractivity contribution in [1.82, 2.24) is 14.2 Å². The number of hydrogen-bond acceptors (Lipinski definition) is 5. The molecule has 122 valence electrons. The van der Waals surface area contributed by atoms with E-state index < -0.39 is 0 Å². The average molecular weight is 411 g/mol. The maximum absolute atomic E-state index is 11.6. The van der Waals surface area contributed by atoms with E-state index in [1.807, 2.05) is 22.9 Å². The third-order valence-corrected chi connectivity index (χ3v) is 4.12. The molecule has 0 radical (unpaired) electrons. The normalized spacial score (nSPS) is 13.5. The van der Waals surface area contributed by atoms with Gasteiger partial charge in [0.15, 0.2) is 0 Å². The Morgan fingerprint density at radius 2 is 1.62 bits per heavy atom. The quantitative estimate of drug-likeness (QED) is 0.255. The van der Waals surface area contributed by atoms with Crippen molar-refractivity contribution in [2.24, 2.45) is 0 Å². The largest absolute Gasteiger partial charge is 0.356 e. The topological polar surface area (TPSA) is 87.3 Å². The molecule has 1 amide bonds. The van der Waals surface area contributed by atoms with E-state index >= 15 is 0 Å². The van der Waals surface area contributed by atoms with E-state index in [-0.39, 0.29) is 29.6 Å². The highest BCUT2D eigenvalue weighted by molar-refractivity contribution is 14.1. The highest BCUT2D eigenvalue weighted by Crippen LogP contribution is 2.03. The molecule has 0 aliphatic carbocycles. The first-order valence-corrected chi connectivity index (χ1v) is 8.31. The first-order chi connectivity index (χ1) is 9.92. The van der Waals surface area contributed by atoms with E-state index in [1.165, 1.54) is 6.92 Å². The number of amides is 1. The van der Waals surface area contributed by atoms with Crippen LogP contribution in [-0.2, 0) is 14.4 Å². The Bertz CT molecular complexity index is 350. The highest BCUT2D eigenvalue weighted by atomic mass is 127. The molecular formula is C14H26IN3O3. The summed E-state index contributed by atoms with van der Waals surface area (Å²) < 4.78 is 2.86. The van der Waals surface area contributed by atoms with E-state index in [0.29, 0.717) is 19.4 Å². The number of Topliss-reactive ketones (excluding diaryl/α,β-unsaturated/α-hetero) is 2. The molecule has 0 bridgehead atoms. The van der Waals surface area contributed by atoms with Gasteiger partial charge in [0, 0.05) is 35.8 Å². The van der Waals surface area contributed by atoms with Gasteiger partial charge in [0.1, 0.15) is 11.6 Å². The number of likely N-dealkylation sites (N-methyl/N-ethyl adjacent to an activating group) is 1. The van der Waals surface area contributed by atoms with Crippen molar-refractivity contribution in [3.63, 3.8) is 0 Å². The van der Waals surface area contributed by atoms with Crippen molar-refractivity contribution in [3.8, 4) is 0 Å². The first kappa shape index (κ1) is 20.5. The SMILES string of the molecule is CN[C@@H](CCCCNC(=O)CC[C@H](NI)C(C)=O)C(C)=O. The lowest BCUT2D eigenvalue weighted by Gasteiger charge is -2.13. The highest BCUT2D eigenvalue weighted by Gasteiger charge is 2.14. The van der Waals surface area contributed by atoms with Gasteiger partial charge in [-0.2, -0.15) is 0 Å². The summed E-state index contributed by atoms with van der Waals surface area (Å²) in [7, 11) is 1.78. The number of carbonyl (C=O) groups is 3. The lowest BCUT2D eigenvalue weighted by molar-refractivity contribution is -0.122. The molecule has 0 saturated carbocycles. The smallest absolute Gasteiger partial charge is 0.220 e. The lowest BCUT2D eigenvalue weighted by Crippen LogP contribution is -2.33. The van der Waals surface area contributed by atoms with Gasteiger partial charge in [-0.1, -0.05) is 0 Å². The summed E-state index contributed by atoms with van der Waals surface area (Å²) in [6.45, 7) is 3.70. The van der Waals surface area contributed by atoms with Crippen LogP contribution in [0.4, 0.5) is 0 Å². The Balaban J connectivity index is 3.71. The number of carbonyl (C=O) groups excluding carboxylic acids is 3. The van der Waals surface area contributed by atoms with Gasteiger partial charge >= 0.3 is 0 Å². The maximum atomic E-state index is 11.6. The van der Waals surface area contributed by atoms with E-state index in [9.17, 15) is 14.4 Å². The van der Waals surface area contributed by atoms with Crippen LogP contribution in [0.2, 0.25) is 0 Å². The van der Waals surface area contributed by atoms with Gasteiger partial charge < -0.3 is 10.6 Å². The van der Waals surface area contributed by atoms with Crippen molar-refractivity contribution in [1.29, 1.82) is 0 Å². The summed E-state index contributed by atoms with van der Waals surface area (Å²) >= 11 is 1.93. The van der Waals surface area contributed by atoms with Gasteiger partial charge in [-0.15, -0.1) is 0 Å². The Kier molecular flexibility index (Phi) is 11.7. The zero-order chi connectivity index (χ0) is 16.3. The Labute approximate surface area is 140 Å². The van der Waals surface area contributed by atoms with Crippen LogP contribution < -0.4 is 14.2 Å². The molecule has 0 aromatic heterocycles. The fraction of sp³-hybridized carbons (Fsp3) is 0.786. The minimum Gasteiger partial charge on any atom is -0.356 e. The fourth-order valence-electron chi connectivity index (χ4n) is 1.95. The van der Waals surface area contributed by atoms with Crippen molar-refractivity contribution in [2.45, 2.75) is 58.0 Å². The van der Waals surface area contributed by atoms with Crippen LogP contribution in [0.15, 0.2) is 0 Å². The zero-order valence-electron chi connectivity index (χ0n) is 13.0. The number of halogens is 1. The Hall–Kier alpha value is -0.540. The monoisotopic (exact) mass is 411 g/mol. The summed E-state index contributed by atoms with van der Waals surface area (Å²) in [6, 6.07) is -0.352. The second kappa shape index (κ2) is 12.0. The van der Waals surface area contributed by atoms with E-state index in [4.69, 9.17) is 0 Å². The van der Waals surface area contributed by atoms with Crippen LogP contribution in [0.3, 0.4) is 0 Å². The number of hydrogen-bond donors (Lipinski definition) is 3. The summed E-state index contributed by atoms with van der Waals surface area (Å²) in [5, 5.41) is 5.81.